The molecule has 4 rings (SSSR count). The molecule has 2 aromatic heterocycles. The quantitative estimate of drug-likeness (QED) is 0.631. The normalized spacial score (nSPS) is 15.2. The third-order valence-corrected chi connectivity index (χ3v) is 6.12. The highest BCUT2D eigenvalue weighted by atomic mass is 16.1. The highest BCUT2D eigenvalue weighted by molar-refractivity contribution is 6.04. The smallest absolute Gasteiger partial charge is 0.256 e. The van der Waals surface area contributed by atoms with Crippen LogP contribution in [0.2, 0.25) is 0 Å². The van der Waals surface area contributed by atoms with Crippen molar-refractivity contribution in [2.45, 2.75) is 46.1 Å². The fraction of sp³-hybridized carbons (Fsp3) is 0.423. The molecule has 7 nitrogen and oxygen atoms in total. The van der Waals surface area contributed by atoms with Crippen LogP contribution in [0.4, 0.5) is 11.5 Å². The summed E-state index contributed by atoms with van der Waals surface area (Å²) in [5, 5.41) is 7.76. The van der Waals surface area contributed by atoms with Crippen LogP contribution in [0, 0.1) is 0 Å². The summed E-state index contributed by atoms with van der Waals surface area (Å²) in [6.07, 6.45) is 1.72. The van der Waals surface area contributed by atoms with Crippen molar-refractivity contribution in [2.24, 2.45) is 0 Å². The second-order valence-corrected chi connectivity index (χ2v) is 9.88. The van der Waals surface area contributed by atoms with E-state index in [2.05, 4.69) is 54.7 Å². The number of aromatic nitrogens is 3. The number of hydrogen-bond acceptors (Lipinski definition) is 5. The van der Waals surface area contributed by atoms with Crippen molar-refractivity contribution in [3.63, 3.8) is 0 Å². The first-order valence-corrected chi connectivity index (χ1v) is 11.6. The van der Waals surface area contributed by atoms with Gasteiger partial charge in [0.2, 0.25) is 0 Å². The van der Waals surface area contributed by atoms with Gasteiger partial charge in [-0.3, -0.25) is 9.69 Å². The maximum absolute atomic E-state index is 13.1. The van der Waals surface area contributed by atoms with Gasteiger partial charge in [0.05, 0.1) is 5.69 Å². The molecule has 33 heavy (non-hydrogen) atoms. The fourth-order valence-corrected chi connectivity index (χ4v) is 4.00. The maximum atomic E-state index is 13.1. The van der Waals surface area contributed by atoms with Crippen LogP contribution < -0.4 is 10.2 Å². The van der Waals surface area contributed by atoms with E-state index >= 15 is 0 Å². The van der Waals surface area contributed by atoms with E-state index < -0.39 is 0 Å². The predicted molar refractivity (Wildman–Crippen MR) is 133 cm³/mol. The molecular weight excluding hydrogens is 412 g/mol. The molecule has 3 aromatic rings. The van der Waals surface area contributed by atoms with Crippen molar-refractivity contribution in [1.82, 2.24) is 19.7 Å². The Morgan fingerprint density at radius 2 is 1.70 bits per heavy atom. The van der Waals surface area contributed by atoms with E-state index in [1.54, 1.807) is 10.9 Å². The average Bonchev–Trinajstić information content (AvgIpc) is 3.24. The van der Waals surface area contributed by atoms with Crippen LogP contribution in [0.3, 0.4) is 0 Å². The summed E-state index contributed by atoms with van der Waals surface area (Å²) in [4.78, 5) is 22.4. The molecule has 0 radical (unpaired) electrons. The number of nitrogens with one attached hydrogen (secondary N) is 1. The lowest BCUT2D eigenvalue weighted by Gasteiger charge is -2.38. The number of nitrogens with zero attached hydrogens (tertiary/aromatic N) is 5. The van der Waals surface area contributed by atoms with E-state index in [1.807, 2.05) is 48.5 Å². The van der Waals surface area contributed by atoms with Crippen molar-refractivity contribution in [2.75, 3.05) is 36.4 Å². The molecule has 7 heteroatoms. The van der Waals surface area contributed by atoms with Crippen molar-refractivity contribution < 1.29 is 4.79 Å². The second kappa shape index (κ2) is 9.35. The predicted octanol–water partition coefficient (Wildman–Crippen LogP) is 4.35. The summed E-state index contributed by atoms with van der Waals surface area (Å²) in [7, 11) is 0. The molecule has 3 heterocycles. The van der Waals surface area contributed by atoms with Crippen LogP contribution in [0.1, 0.15) is 50.7 Å². The van der Waals surface area contributed by atoms with Crippen LogP contribution in [0.15, 0.2) is 54.7 Å². The molecule has 1 amide bonds. The van der Waals surface area contributed by atoms with Crippen LogP contribution in [0.5, 0.6) is 0 Å². The average molecular weight is 447 g/mol. The van der Waals surface area contributed by atoms with Gasteiger partial charge in [0.25, 0.3) is 5.91 Å². The van der Waals surface area contributed by atoms with Crippen molar-refractivity contribution in [1.29, 1.82) is 0 Å². The molecule has 174 valence electrons. The molecule has 0 spiro atoms. The zero-order valence-electron chi connectivity index (χ0n) is 20.2. The summed E-state index contributed by atoms with van der Waals surface area (Å²) in [5.74, 6) is 1.11. The minimum Gasteiger partial charge on any atom is -0.369 e. The van der Waals surface area contributed by atoms with Crippen molar-refractivity contribution in [3.8, 4) is 5.82 Å². The van der Waals surface area contributed by atoms with E-state index in [0.29, 0.717) is 23.2 Å². The maximum Gasteiger partial charge on any atom is 0.256 e. The summed E-state index contributed by atoms with van der Waals surface area (Å²) >= 11 is 0. The fourth-order valence-electron chi connectivity index (χ4n) is 4.00. The Balaban J connectivity index is 1.50. The standard InChI is InChI=1S/C26H34N6O/c1-19(2)30-14-16-31(17-15-30)21-11-9-20(10-12-21)25(33)28-24-18-22(26(3,4)5)29-32(24)23-8-6-7-13-27-23/h6-13,18-19H,14-17H2,1-5H3,(H,28,33). The van der Waals surface area contributed by atoms with E-state index in [4.69, 9.17) is 5.10 Å². The molecular formula is C26H34N6O. The number of hydrogen-bond donors (Lipinski definition) is 1. The first-order valence-electron chi connectivity index (χ1n) is 11.6. The molecule has 1 saturated heterocycles. The number of benzene rings is 1. The number of amides is 1. The van der Waals surface area contributed by atoms with E-state index in [1.165, 1.54) is 0 Å². The van der Waals surface area contributed by atoms with Crippen LogP contribution in [0.25, 0.3) is 5.82 Å². The van der Waals surface area contributed by atoms with Gasteiger partial charge in [0, 0.05) is 61.1 Å². The molecule has 1 aliphatic rings. The number of rotatable bonds is 5. The van der Waals surface area contributed by atoms with E-state index in [0.717, 1.165) is 37.6 Å². The zero-order chi connectivity index (χ0) is 23.6. The van der Waals surface area contributed by atoms with Gasteiger partial charge in [0.1, 0.15) is 5.82 Å². The second-order valence-electron chi connectivity index (χ2n) is 9.88. The zero-order valence-corrected chi connectivity index (χ0v) is 20.2. The molecule has 1 fully saturated rings. The Morgan fingerprint density at radius 3 is 2.27 bits per heavy atom. The largest absolute Gasteiger partial charge is 0.369 e. The molecule has 1 aromatic carbocycles. The Labute approximate surface area is 196 Å². The summed E-state index contributed by atoms with van der Waals surface area (Å²) in [6, 6.07) is 16.0. The van der Waals surface area contributed by atoms with Crippen molar-refractivity contribution >= 4 is 17.4 Å². The van der Waals surface area contributed by atoms with Gasteiger partial charge < -0.3 is 10.2 Å². The summed E-state index contributed by atoms with van der Waals surface area (Å²) < 4.78 is 1.70. The lowest BCUT2D eigenvalue weighted by molar-refractivity contribution is 0.102. The SMILES string of the molecule is CC(C)N1CCN(c2ccc(C(=O)Nc3cc(C(C)(C)C)nn3-c3ccccn3)cc2)CC1. The van der Waals surface area contributed by atoms with Gasteiger partial charge in [-0.1, -0.05) is 26.8 Å². The highest BCUT2D eigenvalue weighted by Gasteiger charge is 2.23. The van der Waals surface area contributed by atoms with E-state index in [-0.39, 0.29) is 11.3 Å². The minimum absolute atomic E-state index is 0.152. The van der Waals surface area contributed by atoms with Crippen LogP contribution in [-0.4, -0.2) is 57.8 Å². The summed E-state index contributed by atoms with van der Waals surface area (Å²) in [5.41, 5.74) is 2.51. The Hall–Kier alpha value is -3.19. The Kier molecular flexibility index (Phi) is 6.51. The number of piperazine rings is 1. The number of anilines is 2. The van der Waals surface area contributed by atoms with Gasteiger partial charge in [-0.05, 0) is 50.2 Å². The first-order chi connectivity index (χ1) is 15.7. The third-order valence-electron chi connectivity index (χ3n) is 6.12. The highest BCUT2D eigenvalue weighted by Crippen LogP contribution is 2.26. The Bertz CT molecular complexity index is 1070. The minimum atomic E-state index is -0.163. The monoisotopic (exact) mass is 446 g/mol. The third kappa shape index (κ3) is 5.25. The van der Waals surface area contributed by atoms with Gasteiger partial charge in [-0.2, -0.15) is 9.78 Å². The summed E-state index contributed by atoms with van der Waals surface area (Å²) in [6.45, 7) is 14.9. The van der Waals surface area contributed by atoms with Gasteiger partial charge in [-0.15, -0.1) is 0 Å². The number of carbonyl (C=O) groups is 1. The molecule has 0 unspecified atom stereocenters. The lowest BCUT2D eigenvalue weighted by atomic mass is 9.92. The molecule has 0 saturated carbocycles. The number of carbonyl (C=O) groups excluding carboxylic acids is 1. The topological polar surface area (TPSA) is 66.3 Å². The molecule has 1 N–H and O–H groups in total. The van der Waals surface area contributed by atoms with Gasteiger partial charge >= 0.3 is 0 Å². The molecule has 0 aliphatic carbocycles. The molecule has 1 aliphatic heterocycles. The first kappa shape index (κ1) is 23.0. The van der Waals surface area contributed by atoms with Crippen LogP contribution >= 0.6 is 0 Å². The molecule has 0 atom stereocenters. The molecule has 0 bridgehead atoms. The van der Waals surface area contributed by atoms with E-state index in [9.17, 15) is 4.79 Å². The van der Waals surface area contributed by atoms with Gasteiger partial charge in [0.15, 0.2) is 5.82 Å². The Morgan fingerprint density at radius 1 is 1.00 bits per heavy atom. The van der Waals surface area contributed by atoms with Crippen molar-refractivity contribution in [3.05, 3.63) is 66.0 Å². The van der Waals surface area contributed by atoms with Gasteiger partial charge in [-0.25, -0.2) is 4.98 Å². The lowest BCUT2D eigenvalue weighted by Crippen LogP contribution is -2.48. The van der Waals surface area contributed by atoms with Crippen LogP contribution in [-0.2, 0) is 5.41 Å². The number of pyridine rings is 1.